The first-order valence-electron chi connectivity index (χ1n) is 6.45. The monoisotopic (exact) mass is 295 g/mol. The summed E-state index contributed by atoms with van der Waals surface area (Å²) in [4.78, 5) is 0. The molecule has 0 spiro atoms. The van der Waals surface area contributed by atoms with Crippen molar-refractivity contribution in [2.75, 3.05) is 18.2 Å². The van der Waals surface area contributed by atoms with Crippen molar-refractivity contribution in [3.63, 3.8) is 0 Å². The number of benzene rings is 1. The number of anilines is 1. The highest BCUT2D eigenvalue weighted by atomic mass is 32.2. The molecule has 0 aliphatic rings. The van der Waals surface area contributed by atoms with Crippen LogP contribution in [0.1, 0.15) is 18.4 Å². The molecule has 0 aliphatic heterocycles. The van der Waals surface area contributed by atoms with Gasteiger partial charge in [-0.25, -0.2) is 4.39 Å². The zero-order chi connectivity index (χ0) is 14.4. The molecular weight excluding hydrogens is 277 g/mol. The first-order valence-corrected chi connectivity index (χ1v) is 7.85. The fourth-order valence-electron chi connectivity index (χ4n) is 1.84. The third kappa shape index (κ3) is 3.93. The van der Waals surface area contributed by atoms with Crippen LogP contribution >= 0.6 is 11.8 Å². The molecule has 0 atom stereocenters. The Bertz CT molecular complexity index is 557. The summed E-state index contributed by atoms with van der Waals surface area (Å²) < 4.78 is 24.3. The van der Waals surface area contributed by atoms with Gasteiger partial charge < -0.3 is 14.5 Å². The highest BCUT2D eigenvalue weighted by Crippen LogP contribution is 2.26. The van der Waals surface area contributed by atoms with Crippen molar-refractivity contribution in [2.24, 2.45) is 0 Å². The van der Waals surface area contributed by atoms with Gasteiger partial charge in [-0.05, 0) is 37.4 Å². The summed E-state index contributed by atoms with van der Waals surface area (Å²) in [5, 5.41) is 3.20. The standard InChI is InChI=1S/C15H18FNO2S/c1-3-18-15-8-11(16)4-7-14(15)17-9-12-5-6-13(19-12)10-20-2/h4-8,17H,3,9-10H2,1-2H3. The minimum atomic E-state index is -0.306. The van der Waals surface area contributed by atoms with E-state index in [1.54, 1.807) is 17.8 Å². The summed E-state index contributed by atoms with van der Waals surface area (Å²) in [6, 6.07) is 8.38. The lowest BCUT2D eigenvalue weighted by atomic mass is 10.2. The molecule has 5 heteroatoms. The molecule has 1 N–H and O–H groups in total. The van der Waals surface area contributed by atoms with E-state index in [0.717, 1.165) is 23.0 Å². The van der Waals surface area contributed by atoms with Gasteiger partial charge in [-0.15, -0.1) is 0 Å². The Morgan fingerprint density at radius 2 is 2.05 bits per heavy atom. The maximum absolute atomic E-state index is 13.2. The van der Waals surface area contributed by atoms with Crippen molar-refractivity contribution in [2.45, 2.75) is 19.2 Å². The Morgan fingerprint density at radius 1 is 1.25 bits per heavy atom. The van der Waals surface area contributed by atoms with E-state index in [2.05, 4.69) is 5.32 Å². The van der Waals surface area contributed by atoms with Crippen molar-refractivity contribution in [3.8, 4) is 5.75 Å². The van der Waals surface area contributed by atoms with Gasteiger partial charge in [0.1, 0.15) is 23.1 Å². The van der Waals surface area contributed by atoms with Crippen LogP contribution in [0.5, 0.6) is 5.75 Å². The molecule has 0 amide bonds. The van der Waals surface area contributed by atoms with Crippen LogP contribution in [0.25, 0.3) is 0 Å². The maximum atomic E-state index is 13.2. The van der Waals surface area contributed by atoms with E-state index in [4.69, 9.17) is 9.15 Å². The summed E-state index contributed by atoms with van der Waals surface area (Å²) in [7, 11) is 0. The molecule has 0 bridgehead atoms. The Kier molecular flexibility index (Phi) is 5.35. The molecule has 1 heterocycles. The first-order chi connectivity index (χ1) is 9.72. The molecular formula is C15H18FNO2S. The van der Waals surface area contributed by atoms with Crippen LogP contribution in [0.15, 0.2) is 34.7 Å². The van der Waals surface area contributed by atoms with Gasteiger partial charge in [0.25, 0.3) is 0 Å². The molecule has 0 fully saturated rings. The van der Waals surface area contributed by atoms with E-state index in [-0.39, 0.29) is 5.82 Å². The van der Waals surface area contributed by atoms with Crippen LogP contribution < -0.4 is 10.1 Å². The van der Waals surface area contributed by atoms with E-state index in [1.807, 2.05) is 25.3 Å². The van der Waals surface area contributed by atoms with Crippen LogP contribution in [0.3, 0.4) is 0 Å². The van der Waals surface area contributed by atoms with Crippen LogP contribution in [-0.4, -0.2) is 12.9 Å². The minimum absolute atomic E-state index is 0.306. The van der Waals surface area contributed by atoms with E-state index in [0.29, 0.717) is 18.9 Å². The maximum Gasteiger partial charge on any atom is 0.145 e. The van der Waals surface area contributed by atoms with Crippen molar-refractivity contribution in [1.82, 2.24) is 0 Å². The molecule has 1 aromatic carbocycles. The molecule has 0 aliphatic carbocycles. The van der Waals surface area contributed by atoms with Gasteiger partial charge in [-0.3, -0.25) is 0 Å². The van der Waals surface area contributed by atoms with Crippen LogP contribution in [0, 0.1) is 5.82 Å². The average Bonchev–Trinajstić information content (AvgIpc) is 2.86. The molecule has 20 heavy (non-hydrogen) atoms. The van der Waals surface area contributed by atoms with Gasteiger partial charge >= 0.3 is 0 Å². The lowest BCUT2D eigenvalue weighted by molar-refractivity contribution is 0.339. The van der Waals surface area contributed by atoms with Crippen molar-refractivity contribution < 1.29 is 13.5 Å². The number of halogens is 1. The van der Waals surface area contributed by atoms with Gasteiger partial charge in [0, 0.05) is 6.07 Å². The van der Waals surface area contributed by atoms with E-state index in [9.17, 15) is 4.39 Å². The highest BCUT2D eigenvalue weighted by Gasteiger charge is 2.07. The van der Waals surface area contributed by atoms with Gasteiger partial charge in [0.05, 0.1) is 24.6 Å². The van der Waals surface area contributed by atoms with Crippen LogP contribution in [0.4, 0.5) is 10.1 Å². The summed E-state index contributed by atoms with van der Waals surface area (Å²) >= 11 is 1.72. The summed E-state index contributed by atoms with van der Waals surface area (Å²) in [6.45, 7) is 2.91. The number of furan rings is 1. The zero-order valence-corrected chi connectivity index (χ0v) is 12.4. The van der Waals surface area contributed by atoms with E-state index >= 15 is 0 Å². The molecule has 1 aromatic heterocycles. The van der Waals surface area contributed by atoms with Gasteiger partial charge in [0.2, 0.25) is 0 Å². The third-order valence-electron chi connectivity index (χ3n) is 2.70. The fraction of sp³-hybridized carbons (Fsp3) is 0.333. The highest BCUT2D eigenvalue weighted by molar-refractivity contribution is 7.97. The Hall–Kier alpha value is -1.62. The molecule has 2 aromatic rings. The molecule has 0 radical (unpaired) electrons. The second-order valence-electron chi connectivity index (χ2n) is 4.23. The van der Waals surface area contributed by atoms with Crippen LogP contribution in [0.2, 0.25) is 0 Å². The number of hydrogen-bond acceptors (Lipinski definition) is 4. The number of nitrogens with one attached hydrogen (secondary N) is 1. The quantitative estimate of drug-likeness (QED) is 0.826. The van der Waals surface area contributed by atoms with Crippen molar-refractivity contribution in [1.29, 1.82) is 0 Å². The molecule has 108 valence electrons. The van der Waals surface area contributed by atoms with Crippen LogP contribution in [-0.2, 0) is 12.3 Å². The normalized spacial score (nSPS) is 10.6. The lowest BCUT2D eigenvalue weighted by Gasteiger charge is -2.11. The first kappa shape index (κ1) is 14.8. The number of rotatable bonds is 7. The van der Waals surface area contributed by atoms with Crippen molar-refractivity contribution in [3.05, 3.63) is 47.7 Å². The van der Waals surface area contributed by atoms with Crippen molar-refractivity contribution >= 4 is 17.4 Å². The lowest BCUT2D eigenvalue weighted by Crippen LogP contribution is -2.02. The molecule has 0 saturated carbocycles. The smallest absolute Gasteiger partial charge is 0.145 e. The molecule has 0 unspecified atom stereocenters. The minimum Gasteiger partial charge on any atom is -0.492 e. The van der Waals surface area contributed by atoms with E-state index in [1.165, 1.54) is 12.1 Å². The summed E-state index contributed by atoms with van der Waals surface area (Å²) in [5.74, 6) is 2.88. The number of ether oxygens (including phenoxy) is 1. The fourth-order valence-corrected chi connectivity index (χ4v) is 2.28. The predicted octanol–water partition coefficient (Wildman–Crippen LogP) is 4.29. The number of hydrogen-bond donors (Lipinski definition) is 1. The predicted molar refractivity (Wildman–Crippen MR) is 80.8 cm³/mol. The average molecular weight is 295 g/mol. The van der Waals surface area contributed by atoms with E-state index < -0.39 is 0 Å². The van der Waals surface area contributed by atoms with Gasteiger partial charge in [-0.1, -0.05) is 0 Å². The Balaban J connectivity index is 2.02. The largest absolute Gasteiger partial charge is 0.492 e. The molecule has 3 nitrogen and oxygen atoms in total. The molecule has 0 saturated heterocycles. The Morgan fingerprint density at radius 3 is 2.80 bits per heavy atom. The summed E-state index contributed by atoms with van der Waals surface area (Å²) in [5.41, 5.74) is 0.760. The zero-order valence-electron chi connectivity index (χ0n) is 11.6. The van der Waals surface area contributed by atoms with Gasteiger partial charge in [0.15, 0.2) is 0 Å². The summed E-state index contributed by atoms with van der Waals surface area (Å²) in [6.07, 6.45) is 2.04. The SMILES string of the molecule is CCOc1cc(F)ccc1NCc1ccc(CSC)o1. The Labute approximate surface area is 122 Å². The third-order valence-corrected chi connectivity index (χ3v) is 3.27. The second-order valence-corrected chi connectivity index (χ2v) is 5.09. The second kappa shape index (κ2) is 7.24. The topological polar surface area (TPSA) is 34.4 Å². The number of thioether (sulfide) groups is 1. The van der Waals surface area contributed by atoms with Gasteiger partial charge in [-0.2, -0.15) is 11.8 Å². The molecule has 2 rings (SSSR count).